The summed E-state index contributed by atoms with van der Waals surface area (Å²) in [5, 5.41) is 21.5. The monoisotopic (exact) mass is 240 g/mol. The lowest BCUT2D eigenvalue weighted by molar-refractivity contribution is -0.423. The van der Waals surface area contributed by atoms with E-state index in [9.17, 15) is 25.0 Å². The van der Waals surface area contributed by atoms with E-state index in [2.05, 4.69) is 4.74 Å². The zero-order valence-corrected chi connectivity index (χ0v) is 9.00. The largest absolute Gasteiger partial charge is 0.419 e. The third-order valence-electron chi connectivity index (χ3n) is 1.93. The van der Waals surface area contributed by atoms with Gasteiger partial charge in [-0.2, -0.15) is 0 Å². The van der Waals surface area contributed by atoms with Gasteiger partial charge in [-0.05, 0) is 19.1 Å². The first-order chi connectivity index (χ1) is 7.84. The van der Waals surface area contributed by atoms with Crippen LogP contribution in [0.25, 0.3) is 0 Å². The Morgan fingerprint density at radius 2 is 1.71 bits per heavy atom. The molecule has 17 heavy (non-hydrogen) atoms. The van der Waals surface area contributed by atoms with Crippen LogP contribution >= 0.6 is 0 Å². The van der Waals surface area contributed by atoms with Crippen molar-refractivity contribution in [3.63, 3.8) is 0 Å². The number of hydrogen-bond acceptors (Lipinski definition) is 6. The smallest absolute Gasteiger partial charge is 0.388 e. The van der Waals surface area contributed by atoms with E-state index in [1.165, 1.54) is 13.0 Å². The van der Waals surface area contributed by atoms with Crippen LogP contribution in [0.5, 0.6) is 5.75 Å². The molecule has 0 fully saturated rings. The number of carbonyl (C=O) groups excluding carboxylic acids is 1. The minimum absolute atomic E-state index is 0.123. The molecule has 90 valence electrons. The Labute approximate surface area is 95.1 Å². The van der Waals surface area contributed by atoms with E-state index in [1.54, 1.807) is 0 Å². The van der Waals surface area contributed by atoms with E-state index in [4.69, 9.17) is 0 Å². The fourth-order valence-corrected chi connectivity index (χ4v) is 1.31. The molecule has 1 aromatic carbocycles. The Bertz CT molecular complexity index is 510. The van der Waals surface area contributed by atoms with Crippen molar-refractivity contribution in [1.29, 1.82) is 0 Å². The number of aryl methyl sites for hydroxylation is 1. The van der Waals surface area contributed by atoms with E-state index in [0.717, 1.165) is 13.0 Å². The van der Waals surface area contributed by atoms with Crippen LogP contribution in [-0.4, -0.2) is 15.8 Å². The van der Waals surface area contributed by atoms with Gasteiger partial charge in [0.1, 0.15) is 0 Å². The maximum absolute atomic E-state index is 10.8. The molecule has 0 amide bonds. The zero-order chi connectivity index (χ0) is 13.2. The van der Waals surface area contributed by atoms with Gasteiger partial charge in [0.15, 0.2) is 0 Å². The quantitative estimate of drug-likeness (QED) is 0.344. The van der Waals surface area contributed by atoms with Crippen molar-refractivity contribution in [2.75, 3.05) is 0 Å². The number of benzene rings is 1. The standard InChI is InChI=1S/C9H8N2O6/c1-5-3-4-7(17-6(2)12)9(11(15)16)8(5)10(13)14/h3-4H,1-2H3. The average Bonchev–Trinajstić information content (AvgIpc) is 2.18. The first-order valence-electron chi connectivity index (χ1n) is 4.45. The third-order valence-corrected chi connectivity index (χ3v) is 1.93. The summed E-state index contributed by atoms with van der Waals surface area (Å²) in [6, 6.07) is 2.44. The van der Waals surface area contributed by atoms with Crippen molar-refractivity contribution in [1.82, 2.24) is 0 Å². The molecule has 0 saturated carbocycles. The second-order valence-electron chi connectivity index (χ2n) is 3.19. The number of carbonyl (C=O) groups is 1. The topological polar surface area (TPSA) is 113 Å². The lowest BCUT2D eigenvalue weighted by Crippen LogP contribution is -2.06. The molecular formula is C9H8N2O6. The highest BCUT2D eigenvalue weighted by Gasteiger charge is 2.32. The molecule has 0 unspecified atom stereocenters. The van der Waals surface area contributed by atoms with Crippen molar-refractivity contribution in [2.24, 2.45) is 0 Å². The van der Waals surface area contributed by atoms with Crippen molar-refractivity contribution >= 4 is 17.3 Å². The Hall–Kier alpha value is -2.51. The van der Waals surface area contributed by atoms with Crippen molar-refractivity contribution in [3.05, 3.63) is 37.9 Å². The summed E-state index contributed by atoms with van der Waals surface area (Å²) in [4.78, 5) is 30.5. The van der Waals surface area contributed by atoms with Crippen LogP contribution in [0.2, 0.25) is 0 Å². The van der Waals surface area contributed by atoms with E-state index < -0.39 is 32.9 Å². The molecule has 0 saturated heterocycles. The molecule has 0 aromatic heterocycles. The third kappa shape index (κ3) is 2.54. The summed E-state index contributed by atoms with van der Waals surface area (Å²) in [7, 11) is 0. The molecule has 0 bridgehead atoms. The van der Waals surface area contributed by atoms with Crippen LogP contribution in [0.3, 0.4) is 0 Å². The molecule has 0 aliphatic rings. The van der Waals surface area contributed by atoms with Crippen molar-refractivity contribution in [2.45, 2.75) is 13.8 Å². The van der Waals surface area contributed by atoms with E-state index in [1.807, 2.05) is 0 Å². The van der Waals surface area contributed by atoms with Gasteiger partial charge >= 0.3 is 17.3 Å². The Balaban J connectivity index is 3.52. The van der Waals surface area contributed by atoms with Crippen LogP contribution in [0.4, 0.5) is 11.4 Å². The van der Waals surface area contributed by atoms with Gasteiger partial charge in [0.2, 0.25) is 5.75 Å². The maximum atomic E-state index is 10.8. The molecule has 0 aliphatic carbocycles. The fourth-order valence-electron chi connectivity index (χ4n) is 1.31. The summed E-state index contributed by atoms with van der Waals surface area (Å²) in [6.45, 7) is 2.41. The van der Waals surface area contributed by atoms with E-state index >= 15 is 0 Å². The number of rotatable bonds is 3. The van der Waals surface area contributed by atoms with Gasteiger partial charge in [-0.25, -0.2) is 0 Å². The summed E-state index contributed by atoms with van der Waals surface area (Å²) >= 11 is 0. The molecular weight excluding hydrogens is 232 g/mol. The lowest BCUT2D eigenvalue weighted by atomic mass is 10.1. The highest BCUT2D eigenvalue weighted by atomic mass is 16.6. The van der Waals surface area contributed by atoms with Gasteiger partial charge in [0.05, 0.1) is 9.85 Å². The summed E-state index contributed by atoms with van der Waals surface area (Å²) in [5.74, 6) is -1.22. The van der Waals surface area contributed by atoms with Crippen LogP contribution in [0.1, 0.15) is 12.5 Å². The van der Waals surface area contributed by atoms with Crippen molar-refractivity contribution in [3.8, 4) is 5.75 Å². The van der Waals surface area contributed by atoms with Crippen LogP contribution < -0.4 is 4.74 Å². The normalized spacial score (nSPS) is 9.76. The number of nitro groups is 2. The molecule has 1 aromatic rings. The number of nitro benzene ring substituents is 2. The van der Waals surface area contributed by atoms with Gasteiger partial charge in [-0.15, -0.1) is 0 Å². The highest BCUT2D eigenvalue weighted by Crippen LogP contribution is 2.38. The molecule has 0 spiro atoms. The van der Waals surface area contributed by atoms with Crippen molar-refractivity contribution < 1.29 is 19.4 Å². The number of nitrogens with zero attached hydrogens (tertiary/aromatic N) is 2. The molecule has 0 aliphatic heterocycles. The first kappa shape index (κ1) is 12.6. The highest BCUT2D eigenvalue weighted by molar-refractivity contribution is 5.74. The molecule has 1 rings (SSSR count). The number of hydrogen-bond donors (Lipinski definition) is 0. The second-order valence-corrected chi connectivity index (χ2v) is 3.19. The predicted octanol–water partition coefficient (Wildman–Crippen LogP) is 1.74. The van der Waals surface area contributed by atoms with Gasteiger partial charge < -0.3 is 4.74 Å². The van der Waals surface area contributed by atoms with Crippen LogP contribution in [0, 0.1) is 27.2 Å². The molecule has 0 atom stereocenters. The molecule has 0 heterocycles. The SMILES string of the molecule is CC(=O)Oc1ccc(C)c([N+](=O)[O-])c1[N+](=O)[O-]. The Morgan fingerprint density at radius 3 is 2.12 bits per heavy atom. The number of esters is 1. The van der Waals surface area contributed by atoms with Crippen LogP contribution in [-0.2, 0) is 4.79 Å². The lowest BCUT2D eigenvalue weighted by Gasteiger charge is -2.04. The van der Waals surface area contributed by atoms with E-state index in [0.29, 0.717) is 0 Å². The Kier molecular flexibility index (Phi) is 3.37. The summed E-state index contributed by atoms with van der Waals surface area (Å²) in [5.41, 5.74) is -1.36. The molecule has 8 nitrogen and oxygen atoms in total. The van der Waals surface area contributed by atoms with Gasteiger partial charge in [0.25, 0.3) is 0 Å². The van der Waals surface area contributed by atoms with Gasteiger partial charge in [-0.1, -0.05) is 0 Å². The molecule has 8 heteroatoms. The minimum atomic E-state index is -0.941. The van der Waals surface area contributed by atoms with E-state index in [-0.39, 0.29) is 5.56 Å². The predicted molar refractivity (Wildman–Crippen MR) is 55.8 cm³/mol. The zero-order valence-electron chi connectivity index (χ0n) is 9.00. The number of ether oxygens (including phenoxy) is 1. The van der Waals surface area contributed by atoms with Crippen LogP contribution in [0.15, 0.2) is 12.1 Å². The fraction of sp³-hybridized carbons (Fsp3) is 0.222. The Morgan fingerprint density at radius 1 is 1.18 bits per heavy atom. The maximum Gasteiger partial charge on any atom is 0.388 e. The molecule has 0 N–H and O–H groups in total. The van der Waals surface area contributed by atoms with Gasteiger partial charge in [-0.3, -0.25) is 25.0 Å². The second kappa shape index (κ2) is 4.56. The average molecular weight is 240 g/mol. The first-order valence-corrected chi connectivity index (χ1v) is 4.45. The van der Waals surface area contributed by atoms with Gasteiger partial charge in [0, 0.05) is 12.5 Å². The summed E-state index contributed by atoms with van der Waals surface area (Å²) in [6.07, 6.45) is 0. The molecule has 0 radical (unpaired) electrons. The minimum Gasteiger partial charge on any atom is -0.419 e. The summed E-state index contributed by atoms with van der Waals surface area (Å²) < 4.78 is 4.57.